The van der Waals surface area contributed by atoms with E-state index in [1.807, 2.05) is 6.92 Å². The summed E-state index contributed by atoms with van der Waals surface area (Å²) >= 11 is 0. The summed E-state index contributed by atoms with van der Waals surface area (Å²) in [5.74, 6) is 3.12. The van der Waals surface area contributed by atoms with E-state index in [1.54, 1.807) is 0 Å². The number of aliphatic hydroxyl groups excluding tert-OH is 1. The van der Waals surface area contributed by atoms with Crippen LogP contribution < -0.4 is 5.32 Å². The van der Waals surface area contributed by atoms with Crippen molar-refractivity contribution in [2.75, 3.05) is 19.8 Å². The van der Waals surface area contributed by atoms with E-state index in [0.717, 1.165) is 6.42 Å². The summed E-state index contributed by atoms with van der Waals surface area (Å²) in [5, 5.41) is 12.6. The molecule has 2 unspecified atom stereocenters. The number of hydrogen-bond donors (Lipinski definition) is 2. The molecular weight excluding hydrogens is 190 g/mol. The normalized spacial score (nSPS) is 14.9. The molecule has 0 amide bonds. The highest BCUT2D eigenvalue weighted by Crippen LogP contribution is 1.94. The average Bonchev–Trinajstić information content (AvgIpc) is 2.18. The zero-order valence-corrected chi connectivity index (χ0v) is 9.99. The molecule has 88 valence electrons. The van der Waals surface area contributed by atoms with Crippen molar-refractivity contribution in [1.29, 1.82) is 0 Å². The van der Waals surface area contributed by atoms with E-state index in [1.165, 1.54) is 0 Å². The summed E-state index contributed by atoms with van der Waals surface area (Å²) < 4.78 is 5.31. The maximum atomic E-state index is 9.55. The SMILES string of the molecule is C#CC(CC)NCC(O)COCC(C)C. The van der Waals surface area contributed by atoms with Crippen LogP contribution in [0.4, 0.5) is 0 Å². The van der Waals surface area contributed by atoms with Crippen LogP contribution in [-0.2, 0) is 4.74 Å². The standard InChI is InChI=1S/C12H23NO2/c1-5-11(6-2)13-7-12(14)9-15-8-10(3)4/h1,10-14H,6-9H2,2-4H3. The third-order valence-corrected chi connectivity index (χ3v) is 1.97. The minimum absolute atomic E-state index is 0.0461. The number of ether oxygens (including phenoxy) is 1. The Kier molecular flexibility index (Phi) is 8.40. The third-order valence-electron chi connectivity index (χ3n) is 1.97. The fraction of sp³-hybridized carbons (Fsp3) is 0.833. The predicted molar refractivity (Wildman–Crippen MR) is 62.6 cm³/mol. The van der Waals surface area contributed by atoms with Crippen molar-refractivity contribution < 1.29 is 9.84 Å². The van der Waals surface area contributed by atoms with E-state index >= 15 is 0 Å². The van der Waals surface area contributed by atoms with Gasteiger partial charge in [0.15, 0.2) is 0 Å². The van der Waals surface area contributed by atoms with Crippen molar-refractivity contribution in [1.82, 2.24) is 5.32 Å². The molecule has 0 bridgehead atoms. The van der Waals surface area contributed by atoms with Crippen molar-refractivity contribution in [2.24, 2.45) is 5.92 Å². The van der Waals surface area contributed by atoms with Crippen LogP contribution in [0, 0.1) is 18.3 Å². The van der Waals surface area contributed by atoms with Crippen LogP contribution in [0.15, 0.2) is 0 Å². The first-order valence-electron chi connectivity index (χ1n) is 5.55. The molecule has 0 saturated heterocycles. The molecule has 0 aromatic heterocycles. The highest BCUT2D eigenvalue weighted by atomic mass is 16.5. The molecule has 0 fully saturated rings. The molecule has 2 N–H and O–H groups in total. The smallest absolute Gasteiger partial charge is 0.0898 e. The number of rotatable bonds is 8. The number of hydrogen-bond acceptors (Lipinski definition) is 3. The molecule has 2 atom stereocenters. The lowest BCUT2D eigenvalue weighted by Gasteiger charge is -2.16. The zero-order valence-electron chi connectivity index (χ0n) is 9.99. The van der Waals surface area contributed by atoms with E-state index < -0.39 is 6.10 Å². The van der Waals surface area contributed by atoms with Crippen LogP contribution in [-0.4, -0.2) is 37.0 Å². The Hall–Kier alpha value is -0.560. The fourth-order valence-electron chi connectivity index (χ4n) is 1.10. The van der Waals surface area contributed by atoms with E-state index in [0.29, 0.717) is 25.7 Å². The molecule has 0 rings (SSSR count). The van der Waals surface area contributed by atoms with Crippen LogP contribution in [0.5, 0.6) is 0 Å². The van der Waals surface area contributed by atoms with Gasteiger partial charge >= 0.3 is 0 Å². The van der Waals surface area contributed by atoms with Gasteiger partial charge in [-0.25, -0.2) is 0 Å². The van der Waals surface area contributed by atoms with E-state index in [2.05, 4.69) is 25.1 Å². The predicted octanol–water partition coefficient (Wildman–Crippen LogP) is 1.02. The van der Waals surface area contributed by atoms with Gasteiger partial charge in [-0.1, -0.05) is 26.7 Å². The van der Waals surface area contributed by atoms with Gasteiger partial charge in [-0.3, -0.25) is 0 Å². The first-order chi connectivity index (χ1) is 7.10. The summed E-state index contributed by atoms with van der Waals surface area (Å²) in [5.41, 5.74) is 0. The second kappa shape index (κ2) is 8.72. The molecule has 0 spiro atoms. The average molecular weight is 213 g/mol. The monoisotopic (exact) mass is 213 g/mol. The molecule has 3 nitrogen and oxygen atoms in total. The zero-order chi connectivity index (χ0) is 11.7. The second-order valence-corrected chi connectivity index (χ2v) is 4.12. The lowest BCUT2D eigenvalue weighted by Crippen LogP contribution is -2.36. The summed E-state index contributed by atoms with van der Waals surface area (Å²) in [7, 11) is 0. The molecule has 0 aliphatic rings. The second-order valence-electron chi connectivity index (χ2n) is 4.12. The number of terminal acetylenes is 1. The molecule has 0 aliphatic carbocycles. The summed E-state index contributed by atoms with van der Waals surface area (Å²) in [4.78, 5) is 0. The maximum Gasteiger partial charge on any atom is 0.0898 e. The van der Waals surface area contributed by atoms with Gasteiger partial charge in [0.05, 0.1) is 18.8 Å². The van der Waals surface area contributed by atoms with Crippen LogP contribution in [0.2, 0.25) is 0 Å². The van der Waals surface area contributed by atoms with E-state index in [9.17, 15) is 5.11 Å². The topological polar surface area (TPSA) is 41.5 Å². The Labute approximate surface area is 93.2 Å². The van der Waals surface area contributed by atoms with Gasteiger partial charge in [-0.2, -0.15) is 0 Å². The highest BCUT2D eigenvalue weighted by molar-refractivity contribution is 4.97. The van der Waals surface area contributed by atoms with Crippen LogP contribution >= 0.6 is 0 Å². The van der Waals surface area contributed by atoms with Crippen LogP contribution in [0.3, 0.4) is 0 Å². The first kappa shape index (κ1) is 14.4. The maximum absolute atomic E-state index is 9.55. The van der Waals surface area contributed by atoms with Crippen LogP contribution in [0.25, 0.3) is 0 Å². The van der Waals surface area contributed by atoms with Crippen LogP contribution in [0.1, 0.15) is 27.2 Å². The molecule has 0 saturated carbocycles. The molecule has 15 heavy (non-hydrogen) atoms. The van der Waals surface area contributed by atoms with E-state index in [4.69, 9.17) is 11.2 Å². The van der Waals surface area contributed by atoms with Crippen molar-refractivity contribution in [3.05, 3.63) is 0 Å². The molecule has 0 heterocycles. The summed E-state index contributed by atoms with van der Waals surface area (Å²) in [6.07, 6.45) is 5.67. The van der Waals surface area contributed by atoms with Gasteiger partial charge in [0, 0.05) is 13.2 Å². The van der Waals surface area contributed by atoms with Gasteiger partial charge in [-0.05, 0) is 12.3 Å². The minimum Gasteiger partial charge on any atom is -0.389 e. The molecule has 0 aromatic rings. The summed E-state index contributed by atoms with van der Waals surface area (Å²) in [6.45, 7) is 7.71. The highest BCUT2D eigenvalue weighted by Gasteiger charge is 2.07. The fourth-order valence-corrected chi connectivity index (χ4v) is 1.10. The van der Waals surface area contributed by atoms with E-state index in [-0.39, 0.29) is 6.04 Å². The Morgan fingerprint density at radius 2 is 2.07 bits per heavy atom. The third kappa shape index (κ3) is 8.44. The molecule has 0 radical (unpaired) electrons. The lowest BCUT2D eigenvalue weighted by atomic mass is 10.2. The van der Waals surface area contributed by atoms with Gasteiger partial charge < -0.3 is 15.2 Å². The minimum atomic E-state index is -0.480. The van der Waals surface area contributed by atoms with Gasteiger partial charge in [0.25, 0.3) is 0 Å². The lowest BCUT2D eigenvalue weighted by molar-refractivity contribution is 0.0256. The van der Waals surface area contributed by atoms with Gasteiger partial charge in [-0.15, -0.1) is 6.42 Å². The largest absolute Gasteiger partial charge is 0.389 e. The number of aliphatic hydroxyl groups is 1. The summed E-state index contributed by atoms with van der Waals surface area (Å²) in [6, 6.07) is 0.0461. The Balaban J connectivity index is 3.49. The Bertz CT molecular complexity index is 187. The first-order valence-corrected chi connectivity index (χ1v) is 5.55. The molecule has 0 aromatic carbocycles. The molecule has 0 aliphatic heterocycles. The molecular formula is C12H23NO2. The van der Waals surface area contributed by atoms with Crippen molar-refractivity contribution in [3.8, 4) is 12.3 Å². The van der Waals surface area contributed by atoms with Crippen molar-refractivity contribution in [3.63, 3.8) is 0 Å². The Morgan fingerprint density at radius 3 is 2.53 bits per heavy atom. The van der Waals surface area contributed by atoms with Gasteiger partial charge in [0.1, 0.15) is 0 Å². The van der Waals surface area contributed by atoms with Crippen molar-refractivity contribution >= 4 is 0 Å². The Morgan fingerprint density at radius 1 is 1.40 bits per heavy atom. The van der Waals surface area contributed by atoms with Gasteiger partial charge in [0.2, 0.25) is 0 Å². The quantitative estimate of drug-likeness (QED) is 0.592. The van der Waals surface area contributed by atoms with Crippen molar-refractivity contribution in [2.45, 2.75) is 39.3 Å². The number of nitrogens with one attached hydrogen (secondary N) is 1. The molecule has 3 heteroatoms.